The third-order valence-electron chi connectivity index (χ3n) is 3.66. The van der Waals surface area contributed by atoms with E-state index in [1.54, 1.807) is 0 Å². The van der Waals surface area contributed by atoms with Gasteiger partial charge in [-0.15, -0.1) is 0 Å². The van der Waals surface area contributed by atoms with Crippen molar-refractivity contribution in [1.29, 1.82) is 0 Å². The van der Waals surface area contributed by atoms with Crippen molar-refractivity contribution >= 4 is 5.91 Å². The van der Waals surface area contributed by atoms with Crippen LogP contribution in [0.4, 0.5) is 0 Å². The molecule has 0 aromatic heterocycles. The molecule has 0 unspecified atom stereocenters. The molecule has 3 nitrogen and oxygen atoms in total. The minimum absolute atomic E-state index is 0.323. The number of nitrogens with zero attached hydrogens (tertiary/aromatic N) is 1. The summed E-state index contributed by atoms with van der Waals surface area (Å²) >= 11 is 0. The fraction of sp³-hybridized carbons (Fsp3) is 0.533. The van der Waals surface area contributed by atoms with Crippen LogP contribution in [0.5, 0.6) is 0 Å². The Bertz CT molecular complexity index is 371. The summed E-state index contributed by atoms with van der Waals surface area (Å²) in [4.78, 5) is 13.9. The molecule has 0 radical (unpaired) electrons. The molecule has 3 heteroatoms. The average Bonchev–Trinajstić information content (AvgIpc) is 2.93. The molecule has 2 rings (SSSR count). The highest BCUT2D eigenvalue weighted by molar-refractivity contribution is 5.76. The fourth-order valence-corrected chi connectivity index (χ4v) is 2.47. The number of hydrogen-bond acceptors (Lipinski definition) is 1. The van der Waals surface area contributed by atoms with E-state index in [2.05, 4.69) is 36.5 Å². The van der Waals surface area contributed by atoms with Crippen LogP contribution in [-0.2, 0) is 4.79 Å². The number of quaternary nitrogens is 1. The summed E-state index contributed by atoms with van der Waals surface area (Å²) in [6, 6.07) is 10.9. The zero-order valence-corrected chi connectivity index (χ0v) is 11.1. The summed E-state index contributed by atoms with van der Waals surface area (Å²) < 4.78 is 0. The van der Waals surface area contributed by atoms with Crippen molar-refractivity contribution in [3.05, 3.63) is 35.9 Å². The molecule has 1 heterocycles. The van der Waals surface area contributed by atoms with Crippen LogP contribution in [0, 0.1) is 0 Å². The summed E-state index contributed by atoms with van der Waals surface area (Å²) in [7, 11) is 0. The Kier molecular flexibility index (Phi) is 4.76. The maximum atomic E-state index is 11.9. The predicted molar refractivity (Wildman–Crippen MR) is 72.1 cm³/mol. The van der Waals surface area contributed by atoms with Gasteiger partial charge < -0.3 is 10.2 Å². The Labute approximate surface area is 109 Å². The SMILES string of the molecule is C[C@H]([NH2+]CCC(=O)N1CCCC1)c1ccccc1. The van der Waals surface area contributed by atoms with Crippen molar-refractivity contribution in [2.24, 2.45) is 0 Å². The quantitative estimate of drug-likeness (QED) is 0.837. The number of carbonyl (C=O) groups is 1. The number of amides is 1. The van der Waals surface area contributed by atoms with E-state index < -0.39 is 0 Å². The van der Waals surface area contributed by atoms with Gasteiger partial charge in [-0.05, 0) is 19.8 Å². The van der Waals surface area contributed by atoms with Crippen molar-refractivity contribution in [3.8, 4) is 0 Å². The highest BCUT2D eigenvalue weighted by atomic mass is 16.2. The Hall–Kier alpha value is -1.35. The van der Waals surface area contributed by atoms with Gasteiger partial charge in [0.25, 0.3) is 0 Å². The topological polar surface area (TPSA) is 36.9 Å². The van der Waals surface area contributed by atoms with Gasteiger partial charge in [-0.1, -0.05) is 30.3 Å². The Balaban J connectivity index is 1.70. The Morgan fingerprint density at radius 1 is 1.28 bits per heavy atom. The summed E-state index contributed by atoms with van der Waals surface area (Å²) in [6.45, 7) is 5.00. The molecule has 1 amide bonds. The zero-order chi connectivity index (χ0) is 12.8. The van der Waals surface area contributed by atoms with Crippen LogP contribution in [-0.4, -0.2) is 30.4 Å². The van der Waals surface area contributed by atoms with Crippen LogP contribution in [0.2, 0.25) is 0 Å². The summed E-state index contributed by atoms with van der Waals surface area (Å²) in [5.41, 5.74) is 1.33. The molecule has 0 aliphatic carbocycles. The molecule has 1 aromatic rings. The highest BCUT2D eigenvalue weighted by Gasteiger charge is 2.18. The third-order valence-corrected chi connectivity index (χ3v) is 3.66. The van der Waals surface area contributed by atoms with Gasteiger partial charge in [0.1, 0.15) is 6.04 Å². The number of benzene rings is 1. The smallest absolute Gasteiger partial charge is 0.228 e. The molecule has 1 saturated heterocycles. The monoisotopic (exact) mass is 247 g/mol. The standard InChI is InChI=1S/C15H22N2O/c1-13(14-7-3-2-4-8-14)16-10-9-15(18)17-11-5-6-12-17/h2-4,7-8,13,16H,5-6,9-12H2,1H3/p+1/t13-/m0/s1. The van der Waals surface area contributed by atoms with E-state index in [1.165, 1.54) is 18.4 Å². The lowest BCUT2D eigenvalue weighted by Crippen LogP contribution is -2.85. The first kappa shape index (κ1) is 13.1. The zero-order valence-electron chi connectivity index (χ0n) is 11.1. The molecule has 1 aromatic carbocycles. The summed E-state index contributed by atoms with van der Waals surface area (Å²) in [6.07, 6.45) is 3.02. The molecule has 2 N–H and O–H groups in total. The predicted octanol–water partition coefficient (Wildman–Crippen LogP) is 1.32. The van der Waals surface area contributed by atoms with E-state index in [9.17, 15) is 4.79 Å². The molecule has 1 fully saturated rings. The second-order valence-corrected chi connectivity index (χ2v) is 5.06. The first-order valence-electron chi connectivity index (χ1n) is 6.93. The molecule has 1 atom stereocenters. The van der Waals surface area contributed by atoms with Crippen LogP contribution >= 0.6 is 0 Å². The van der Waals surface area contributed by atoms with Crippen molar-refractivity contribution in [3.63, 3.8) is 0 Å². The number of rotatable bonds is 5. The van der Waals surface area contributed by atoms with Crippen LogP contribution in [0.1, 0.15) is 37.8 Å². The van der Waals surface area contributed by atoms with Gasteiger partial charge in [0.15, 0.2) is 0 Å². The molecule has 1 aliphatic heterocycles. The first-order chi connectivity index (χ1) is 8.77. The lowest BCUT2D eigenvalue weighted by Gasteiger charge is -2.15. The summed E-state index contributed by atoms with van der Waals surface area (Å²) in [5, 5.41) is 2.25. The molecular weight excluding hydrogens is 224 g/mol. The Morgan fingerprint density at radius 3 is 2.61 bits per heavy atom. The molecule has 0 spiro atoms. The van der Waals surface area contributed by atoms with E-state index in [1.807, 2.05) is 11.0 Å². The van der Waals surface area contributed by atoms with Crippen LogP contribution in [0.3, 0.4) is 0 Å². The van der Waals surface area contributed by atoms with E-state index in [-0.39, 0.29) is 0 Å². The molecule has 1 aliphatic rings. The average molecular weight is 247 g/mol. The lowest BCUT2D eigenvalue weighted by atomic mass is 10.1. The van der Waals surface area contributed by atoms with Crippen LogP contribution in [0.15, 0.2) is 30.3 Å². The second kappa shape index (κ2) is 6.55. The van der Waals surface area contributed by atoms with Crippen molar-refractivity contribution in [2.75, 3.05) is 19.6 Å². The van der Waals surface area contributed by atoms with E-state index in [0.717, 1.165) is 19.6 Å². The largest absolute Gasteiger partial charge is 0.343 e. The maximum Gasteiger partial charge on any atom is 0.228 e. The van der Waals surface area contributed by atoms with Gasteiger partial charge in [0, 0.05) is 18.7 Å². The molecule has 0 bridgehead atoms. The molecule has 98 valence electrons. The third kappa shape index (κ3) is 3.57. The van der Waals surface area contributed by atoms with Crippen molar-refractivity contribution < 1.29 is 10.1 Å². The van der Waals surface area contributed by atoms with Gasteiger partial charge in [-0.3, -0.25) is 4.79 Å². The molecular formula is C15H23N2O+. The molecule has 0 saturated carbocycles. The number of nitrogens with two attached hydrogens (primary N) is 1. The molecule has 18 heavy (non-hydrogen) atoms. The lowest BCUT2D eigenvalue weighted by molar-refractivity contribution is -0.691. The normalized spacial score (nSPS) is 16.8. The van der Waals surface area contributed by atoms with Gasteiger partial charge in [-0.2, -0.15) is 0 Å². The van der Waals surface area contributed by atoms with Gasteiger partial charge in [0.05, 0.1) is 13.0 Å². The second-order valence-electron chi connectivity index (χ2n) is 5.06. The highest BCUT2D eigenvalue weighted by Crippen LogP contribution is 2.09. The van der Waals surface area contributed by atoms with Crippen LogP contribution in [0.25, 0.3) is 0 Å². The minimum atomic E-state index is 0.323. The number of carbonyl (C=O) groups excluding carboxylic acids is 1. The first-order valence-corrected chi connectivity index (χ1v) is 6.93. The van der Waals surface area contributed by atoms with E-state index >= 15 is 0 Å². The minimum Gasteiger partial charge on any atom is -0.343 e. The summed E-state index contributed by atoms with van der Waals surface area (Å²) in [5.74, 6) is 0.323. The van der Waals surface area contributed by atoms with Gasteiger partial charge in [-0.25, -0.2) is 0 Å². The van der Waals surface area contributed by atoms with Crippen molar-refractivity contribution in [2.45, 2.75) is 32.2 Å². The van der Waals surface area contributed by atoms with Gasteiger partial charge >= 0.3 is 0 Å². The van der Waals surface area contributed by atoms with E-state index in [4.69, 9.17) is 0 Å². The van der Waals surface area contributed by atoms with Crippen LogP contribution < -0.4 is 5.32 Å². The van der Waals surface area contributed by atoms with Crippen molar-refractivity contribution in [1.82, 2.24) is 4.90 Å². The Morgan fingerprint density at radius 2 is 1.94 bits per heavy atom. The van der Waals surface area contributed by atoms with Gasteiger partial charge in [0.2, 0.25) is 5.91 Å². The maximum absolute atomic E-state index is 11.9. The number of likely N-dealkylation sites (tertiary alicyclic amines) is 1. The fourth-order valence-electron chi connectivity index (χ4n) is 2.47. The number of hydrogen-bond donors (Lipinski definition) is 1. The van der Waals surface area contributed by atoms with E-state index in [0.29, 0.717) is 18.4 Å².